The molecule has 1 aliphatic heterocycles. The van der Waals surface area contributed by atoms with Crippen molar-refractivity contribution in [1.29, 1.82) is 0 Å². The van der Waals surface area contributed by atoms with Crippen LogP contribution < -0.4 is 14.4 Å². The summed E-state index contributed by atoms with van der Waals surface area (Å²) in [5.41, 5.74) is 1.70. The third-order valence-electron chi connectivity index (χ3n) is 4.89. The van der Waals surface area contributed by atoms with Crippen LogP contribution in [0.25, 0.3) is 0 Å². The van der Waals surface area contributed by atoms with Crippen LogP contribution >= 0.6 is 11.3 Å². The first-order valence-electron chi connectivity index (χ1n) is 9.56. The van der Waals surface area contributed by atoms with Crippen LogP contribution in [0.15, 0.2) is 65.0 Å². The average Bonchev–Trinajstić information content (AvgIpc) is 3.38. The Kier molecular flexibility index (Phi) is 5.74. The molecular formula is C21H21N3O4S2. The third kappa shape index (κ3) is 4.17. The van der Waals surface area contributed by atoms with Crippen LogP contribution in [0.1, 0.15) is 18.9 Å². The van der Waals surface area contributed by atoms with E-state index < -0.39 is 16.1 Å². The van der Waals surface area contributed by atoms with E-state index in [-0.39, 0.29) is 10.8 Å². The lowest BCUT2D eigenvalue weighted by Crippen LogP contribution is -2.32. The number of sulfonamides is 1. The molecule has 0 spiro atoms. The Bertz CT molecular complexity index is 1130. The molecule has 0 saturated carbocycles. The fraction of sp³-hybridized carbons (Fsp3) is 0.238. The number of carbonyl (C=O) groups excluding carboxylic acids is 1. The predicted octanol–water partition coefficient (Wildman–Crippen LogP) is 3.69. The molecule has 1 fully saturated rings. The van der Waals surface area contributed by atoms with Gasteiger partial charge in [0.05, 0.1) is 4.90 Å². The van der Waals surface area contributed by atoms with Crippen molar-refractivity contribution in [3.8, 4) is 5.75 Å². The summed E-state index contributed by atoms with van der Waals surface area (Å²) in [6.45, 7) is 2.56. The Balaban J connectivity index is 1.46. The van der Waals surface area contributed by atoms with E-state index in [2.05, 4.69) is 9.71 Å². The molecule has 3 aromatic rings. The summed E-state index contributed by atoms with van der Waals surface area (Å²) in [7, 11) is -3.73. The average molecular weight is 444 g/mol. The molecule has 156 valence electrons. The van der Waals surface area contributed by atoms with Gasteiger partial charge in [-0.1, -0.05) is 25.1 Å². The molecule has 30 heavy (non-hydrogen) atoms. The van der Waals surface area contributed by atoms with Gasteiger partial charge in [0.2, 0.25) is 0 Å². The molecule has 0 radical (unpaired) electrons. The zero-order chi connectivity index (χ0) is 21.1. The van der Waals surface area contributed by atoms with Gasteiger partial charge in [-0.25, -0.2) is 13.4 Å². The smallest absolute Gasteiger partial charge is 0.268 e. The number of aromatic nitrogens is 1. The molecule has 1 N–H and O–H groups in total. The molecule has 0 bridgehead atoms. The van der Waals surface area contributed by atoms with Gasteiger partial charge in [0.25, 0.3) is 15.9 Å². The number of hydrogen-bond donors (Lipinski definition) is 1. The highest BCUT2D eigenvalue weighted by molar-refractivity contribution is 7.93. The highest BCUT2D eigenvalue weighted by Gasteiger charge is 2.34. The van der Waals surface area contributed by atoms with Crippen LogP contribution in [0, 0.1) is 0 Å². The fourth-order valence-electron chi connectivity index (χ4n) is 3.34. The van der Waals surface area contributed by atoms with E-state index >= 15 is 0 Å². The van der Waals surface area contributed by atoms with Gasteiger partial charge in [-0.2, -0.15) is 0 Å². The standard InChI is InChI=1S/C21H21N3O4S2/c1-2-15-5-3-4-6-18(15)28-19-11-13-24(20(19)25)16-7-9-17(10-8-16)30(26,27)23-21-22-12-14-29-21/h3-10,12,14,19H,2,11,13H2,1H3,(H,22,23). The van der Waals surface area contributed by atoms with Gasteiger partial charge in [-0.05, 0) is 42.3 Å². The quantitative estimate of drug-likeness (QED) is 0.602. The van der Waals surface area contributed by atoms with Crippen LogP contribution in [-0.2, 0) is 21.2 Å². The molecule has 1 atom stereocenters. The Morgan fingerprint density at radius 3 is 2.67 bits per heavy atom. The second-order valence-corrected chi connectivity index (χ2v) is 9.36. The largest absolute Gasteiger partial charge is 0.480 e. The number of benzene rings is 2. The Morgan fingerprint density at radius 1 is 1.20 bits per heavy atom. The number of hydrogen-bond acceptors (Lipinski definition) is 6. The second-order valence-electron chi connectivity index (χ2n) is 6.78. The summed E-state index contributed by atoms with van der Waals surface area (Å²) < 4.78 is 33.4. The maximum Gasteiger partial charge on any atom is 0.268 e. The summed E-state index contributed by atoms with van der Waals surface area (Å²) in [5.74, 6) is 0.604. The van der Waals surface area contributed by atoms with Crippen molar-refractivity contribution >= 4 is 38.1 Å². The predicted molar refractivity (Wildman–Crippen MR) is 117 cm³/mol. The van der Waals surface area contributed by atoms with Crippen molar-refractivity contribution in [1.82, 2.24) is 4.98 Å². The Morgan fingerprint density at radius 2 is 1.97 bits per heavy atom. The van der Waals surface area contributed by atoms with Gasteiger partial charge in [-0.15, -0.1) is 11.3 Å². The van der Waals surface area contributed by atoms with Gasteiger partial charge in [0, 0.05) is 30.2 Å². The number of ether oxygens (including phenoxy) is 1. The van der Waals surface area contributed by atoms with E-state index in [1.165, 1.54) is 29.7 Å². The lowest BCUT2D eigenvalue weighted by molar-refractivity contribution is -0.122. The van der Waals surface area contributed by atoms with E-state index in [4.69, 9.17) is 4.74 Å². The molecule has 2 aromatic carbocycles. The highest BCUT2D eigenvalue weighted by Crippen LogP contribution is 2.28. The van der Waals surface area contributed by atoms with E-state index in [1.807, 2.05) is 31.2 Å². The van der Waals surface area contributed by atoms with Crippen LogP contribution in [-0.4, -0.2) is 32.0 Å². The van der Waals surface area contributed by atoms with Crippen LogP contribution in [0.4, 0.5) is 10.8 Å². The van der Waals surface area contributed by atoms with Gasteiger partial charge in [0.1, 0.15) is 5.75 Å². The topological polar surface area (TPSA) is 88.6 Å². The number of amides is 1. The van der Waals surface area contributed by atoms with E-state index in [0.717, 1.165) is 17.7 Å². The van der Waals surface area contributed by atoms with Gasteiger partial charge >= 0.3 is 0 Å². The molecule has 1 unspecified atom stereocenters. The summed E-state index contributed by atoms with van der Waals surface area (Å²) in [4.78, 5) is 18.5. The number of rotatable bonds is 7. The van der Waals surface area contributed by atoms with Crippen molar-refractivity contribution in [2.24, 2.45) is 0 Å². The molecule has 1 amide bonds. The van der Waals surface area contributed by atoms with E-state index in [0.29, 0.717) is 23.8 Å². The van der Waals surface area contributed by atoms with E-state index in [1.54, 1.807) is 22.4 Å². The van der Waals surface area contributed by atoms with Gasteiger partial charge < -0.3 is 9.64 Å². The number of para-hydroxylation sites is 1. The van der Waals surface area contributed by atoms with Crippen molar-refractivity contribution in [3.63, 3.8) is 0 Å². The molecule has 7 nitrogen and oxygen atoms in total. The first-order chi connectivity index (χ1) is 14.5. The minimum atomic E-state index is -3.73. The molecule has 9 heteroatoms. The SMILES string of the molecule is CCc1ccccc1OC1CCN(c2ccc(S(=O)(=O)Nc3nccs3)cc2)C1=O. The van der Waals surface area contributed by atoms with Crippen LogP contribution in [0.2, 0.25) is 0 Å². The summed E-state index contributed by atoms with van der Waals surface area (Å²) in [6.07, 6.45) is 2.38. The monoisotopic (exact) mass is 443 g/mol. The van der Waals surface area contributed by atoms with Crippen LogP contribution in [0.5, 0.6) is 5.75 Å². The number of thiazole rings is 1. The molecule has 1 aromatic heterocycles. The summed E-state index contributed by atoms with van der Waals surface area (Å²) >= 11 is 1.20. The lowest BCUT2D eigenvalue weighted by atomic mass is 10.1. The van der Waals surface area contributed by atoms with Crippen molar-refractivity contribution in [3.05, 3.63) is 65.7 Å². The number of carbonyl (C=O) groups is 1. The lowest BCUT2D eigenvalue weighted by Gasteiger charge is -2.18. The molecule has 2 heterocycles. The minimum absolute atomic E-state index is 0.109. The number of nitrogens with zero attached hydrogens (tertiary/aromatic N) is 2. The maximum atomic E-state index is 12.9. The zero-order valence-electron chi connectivity index (χ0n) is 16.3. The fourth-order valence-corrected chi connectivity index (χ4v) is 5.13. The van der Waals surface area contributed by atoms with Gasteiger partial charge in [0.15, 0.2) is 11.2 Å². The molecule has 0 aliphatic carbocycles. The number of aryl methyl sites for hydroxylation is 1. The van der Waals surface area contributed by atoms with Gasteiger partial charge in [-0.3, -0.25) is 9.52 Å². The maximum absolute atomic E-state index is 12.9. The van der Waals surface area contributed by atoms with E-state index in [9.17, 15) is 13.2 Å². The number of anilines is 2. The normalized spacial score (nSPS) is 16.6. The Labute approximate surface area is 179 Å². The first-order valence-corrected chi connectivity index (χ1v) is 11.9. The second kappa shape index (κ2) is 8.45. The molecule has 1 aliphatic rings. The zero-order valence-corrected chi connectivity index (χ0v) is 17.9. The molecule has 1 saturated heterocycles. The highest BCUT2D eigenvalue weighted by atomic mass is 32.2. The van der Waals surface area contributed by atoms with Crippen molar-refractivity contribution < 1.29 is 17.9 Å². The third-order valence-corrected chi connectivity index (χ3v) is 7.06. The number of nitrogens with one attached hydrogen (secondary N) is 1. The molecule has 4 rings (SSSR count). The first kappa shape index (κ1) is 20.4. The summed E-state index contributed by atoms with van der Waals surface area (Å²) in [6, 6.07) is 14.0. The van der Waals surface area contributed by atoms with Crippen molar-refractivity contribution in [2.75, 3.05) is 16.2 Å². The van der Waals surface area contributed by atoms with Crippen LogP contribution in [0.3, 0.4) is 0 Å². The summed E-state index contributed by atoms with van der Waals surface area (Å²) in [5, 5.41) is 2.00. The van der Waals surface area contributed by atoms with Crippen molar-refractivity contribution in [2.45, 2.75) is 30.8 Å². The minimum Gasteiger partial charge on any atom is -0.480 e. The molecular weight excluding hydrogens is 422 g/mol. The Hall–Kier alpha value is -2.91.